The molecule has 5 nitrogen and oxygen atoms in total. The van der Waals surface area contributed by atoms with Crippen molar-refractivity contribution in [3.05, 3.63) is 40.3 Å². The van der Waals surface area contributed by atoms with Crippen molar-refractivity contribution in [1.29, 1.82) is 0 Å². The van der Waals surface area contributed by atoms with E-state index < -0.39 is 0 Å². The summed E-state index contributed by atoms with van der Waals surface area (Å²) in [6, 6.07) is 7.96. The molecule has 0 spiro atoms. The van der Waals surface area contributed by atoms with Crippen molar-refractivity contribution in [3.63, 3.8) is 0 Å². The molecule has 2 N–H and O–H groups in total. The molecule has 0 aliphatic rings. The molecule has 6 heteroatoms. The SMILES string of the molecule is CNc1nc(NCc2csc(C)n2)c2ccccc2n1. The first-order chi connectivity index (χ1) is 9.76. The van der Waals surface area contributed by atoms with Gasteiger partial charge in [0, 0.05) is 17.8 Å². The van der Waals surface area contributed by atoms with Gasteiger partial charge in [0.25, 0.3) is 0 Å². The fourth-order valence-corrected chi connectivity index (χ4v) is 2.60. The van der Waals surface area contributed by atoms with Crippen molar-refractivity contribution in [2.24, 2.45) is 0 Å². The molecule has 0 bridgehead atoms. The largest absolute Gasteiger partial charge is 0.364 e. The summed E-state index contributed by atoms with van der Waals surface area (Å²) >= 11 is 1.65. The van der Waals surface area contributed by atoms with Crippen molar-refractivity contribution in [2.45, 2.75) is 13.5 Å². The highest BCUT2D eigenvalue weighted by Crippen LogP contribution is 2.22. The molecule has 2 aromatic heterocycles. The number of fused-ring (bicyclic) bond motifs is 1. The smallest absolute Gasteiger partial charge is 0.224 e. The minimum atomic E-state index is 0.612. The molecule has 3 rings (SSSR count). The molecule has 0 saturated heterocycles. The van der Waals surface area contributed by atoms with Crippen LogP contribution in [0.2, 0.25) is 0 Å². The molecule has 20 heavy (non-hydrogen) atoms. The number of hydrogen-bond acceptors (Lipinski definition) is 6. The first-order valence-electron chi connectivity index (χ1n) is 6.35. The summed E-state index contributed by atoms with van der Waals surface area (Å²) in [7, 11) is 1.82. The Hall–Kier alpha value is -2.21. The van der Waals surface area contributed by atoms with Crippen LogP contribution in [-0.2, 0) is 6.54 Å². The van der Waals surface area contributed by atoms with E-state index in [1.165, 1.54) is 0 Å². The lowest BCUT2D eigenvalue weighted by Gasteiger charge is -2.09. The number of para-hydroxylation sites is 1. The summed E-state index contributed by atoms with van der Waals surface area (Å²) in [5.41, 5.74) is 1.95. The number of hydrogen-bond donors (Lipinski definition) is 2. The van der Waals surface area contributed by atoms with Crippen LogP contribution in [0.25, 0.3) is 10.9 Å². The van der Waals surface area contributed by atoms with Gasteiger partial charge in [0.15, 0.2) is 0 Å². The number of benzene rings is 1. The van der Waals surface area contributed by atoms with Crippen LogP contribution in [0.3, 0.4) is 0 Å². The zero-order valence-electron chi connectivity index (χ0n) is 11.3. The molecule has 0 atom stereocenters. The molecule has 0 radical (unpaired) electrons. The van der Waals surface area contributed by atoms with Crippen LogP contribution in [-0.4, -0.2) is 22.0 Å². The van der Waals surface area contributed by atoms with Crippen molar-refractivity contribution in [2.75, 3.05) is 17.7 Å². The van der Waals surface area contributed by atoms with Crippen LogP contribution in [0, 0.1) is 6.92 Å². The van der Waals surface area contributed by atoms with Gasteiger partial charge < -0.3 is 10.6 Å². The second-order valence-corrected chi connectivity index (χ2v) is 5.44. The molecular formula is C14H15N5S. The quantitative estimate of drug-likeness (QED) is 0.771. The number of aryl methyl sites for hydroxylation is 1. The Balaban J connectivity index is 1.93. The molecule has 0 aliphatic heterocycles. The second kappa shape index (κ2) is 5.42. The van der Waals surface area contributed by atoms with E-state index in [2.05, 4.69) is 31.0 Å². The van der Waals surface area contributed by atoms with Crippen LogP contribution in [0.4, 0.5) is 11.8 Å². The van der Waals surface area contributed by atoms with Crippen molar-refractivity contribution >= 4 is 34.0 Å². The van der Waals surface area contributed by atoms with Crippen LogP contribution in [0.15, 0.2) is 29.6 Å². The standard InChI is InChI=1S/C14H15N5S/c1-9-17-10(8-20-9)7-16-13-11-5-3-4-6-12(11)18-14(15-2)19-13/h3-6,8H,7H2,1-2H3,(H2,15,16,18,19). The lowest BCUT2D eigenvalue weighted by atomic mass is 10.2. The molecule has 102 valence electrons. The predicted molar refractivity (Wildman–Crippen MR) is 83.3 cm³/mol. The summed E-state index contributed by atoms with van der Waals surface area (Å²) in [4.78, 5) is 13.4. The highest BCUT2D eigenvalue weighted by molar-refractivity contribution is 7.09. The summed E-state index contributed by atoms with van der Waals surface area (Å²) in [6.45, 7) is 2.67. The lowest BCUT2D eigenvalue weighted by molar-refractivity contribution is 1.04. The molecular weight excluding hydrogens is 270 g/mol. The number of rotatable bonds is 4. The first-order valence-corrected chi connectivity index (χ1v) is 7.23. The topological polar surface area (TPSA) is 62.7 Å². The monoisotopic (exact) mass is 285 g/mol. The van der Waals surface area contributed by atoms with E-state index >= 15 is 0 Å². The first kappa shape index (κ1) is 12.8. The van der Waals surface area contributed by atoms with Gasteiger partial charge in [-0.25, -0.2) is 9.97 Å². The number of nitrogens with zero attached hydrogens (tertiary/aromatic N) is 3. The second-order valence-electron chi connectivity index (χ2n) is 4.37. The molecule has 3 aromatic rings. The van der Waals surface area contributed by atoms with Crippen LogP contribution in [0.5, 0.6) is 0 Å². The highest BCUT2D eigenvalue weighted by Gasteiger charge is 2.07. The van der Waals surface area contributed by atoms with Crippen LogP contribution < -0.4 is 10.6 Å². The van der Waals surface area contributed by atoms with Gasteiger partial charge in [-0.15, -0.1) is 11.3 Å². The molecule has 0 amide bonds. The molecule has 0 saturated carbocycles. The lowest BCUT2D eigenvalue weighted by Crippen LogP contribution is -2.05. The Bertz CT molecular complexity index is 737. The van der Waals surface area contributed by atoms with Crippen molar-refractivity contribution in [3.8, 4) is 0 Å². The van der Waals surface area contributed by atoms with E-state index in [1.54, 1.807) is 11.3 Å². The van der Waals surface area contributed by atoms with E-state index in [1.807, 2.05) is 38.2 Å². The maximum atomic E-state index is 4.48. The maximum Gasteiger partial charge on any atom is 0.224 e. The Morgan fingerprint density at radius 1 is 1.15 bits per heavy atom. The van der Waals surface area contributed by atoms with Gasteiger partial charge >= 0.3 is 0 Å². The molecule has 0 aliphatic carbocycles. The molecule has 2 heterocycles. The predicted octanol–water partition coefficient (Wildman–Crippen LogP) is 3.05. The van der Waals surface area contributed by atoms with Crippen LogP contribution in [0.1, 0.15) is 10.7 Å². The summed E-state index contributed by atoms with van der Waals surface area (Å²) in [6.07, 6.45) is 0. The minimum absolute atomic E-state index is 0.612. The molecule has 0 fully saturated rings. The average molecular weight is 285 g/mol. The third kappa shape index (κ3) is 2.55. The summed E-state index contributed by atoms with van der Waals surface area (Å²) in [5, 5.41) is 10.5. The van der Waals surface area contributed by atoms with Gasteiger partial charge in [0.05, 0.1) is 22.8 Å². The fraction of sp³-hybridized carbons (Fsp3) is 0.214. The third-order valence-electron chi connectivity index (χ3n) is 2.93. The Labute approximate surface area is 121 Å². The van der Waals surface area contributed by atoms with Gasteiger partial charge in [-0.2, -0.15) is 4.98 Å². The number of aromatic nitrogens is 3. The van der Waals surface area contributed by atoms with Gasteiger partial charge in [0.1, 0.15) is 5.82 Å². The molecule has 0 unspecified atom stereocenters. The number of anilines is 2. The summed E-state index contributed by atoms with van der Waals surface area (Å²) in [5.74, 6) is 1.44. The normalized spacial score (nSPS) is 10.7. The van der Waals surface area contributed by atoms with E-state index in [-0.39, 0.29) is 0 Å². The number of thiazole rings is 1. The van der Waals surface area contributed by atoms with Gasteiger partial charge in [-0.3, -0.25) is 0 Å². The maximum absolute atomic E-state index is 4.48. The summed E-state index contributed by atoms with van der Waals surface area (Å²) < 4.78 is 0. The van der Waals surface area contributed by atoms with Crippen molar-refractivity contribution in [1.82, 2.24) is 15.0 Å². The molecule has 1 aromatic carbocycles. The Morgan fingerprint density at radius 3 is 2.75 bits per heavy atom. The third-order valence-corrected chi connectivity index (χ3v) is 3.75. The van der Waals surface area contributed by atoms with Crippen LogP contribution >= 0.6 is 11.3 Å². The van der Waals surface area contributed by atoms with Gasteiger partial charge in [-0.1, -0.05) is 12.1 Å². The average Bonchev–Trinajstić information content (AvgIpc) is 2.90. The number of nitrogens with one attached hydrogen (secondary N) is 2. The van der Waals surface area contributed by atoms with E-state index in [0.29, 0.717) is 12.5 Å². The highest BCUT2D eigenvalue weighted by atomic mass is 32.1. The van der Waals surface area contributed by atoms with Gasteiger partial charge in [-0.05, 0) is 19.1 Å². The van der Waals surface area contributed by atoms with E-state index in [9.17, 15) is 0 Å². The minimum Gasteiger partial charge on any atom is -0.364 e. The van der Waals surface area contributed by atoms with Crippen molar-refractivity contribution < 1.29 is 0 Å². The Kier molecular flexibility index (Phi) is 3.47. The zero-order valence-corrected chi connectivity index (χ0v) is 12.2. The van der Waals surface area contributed by atoms with E-state index in [4.69, 9.17) is 0 Å². The van der Waals surface area contributed by atoms with Gasteiger partial charge in [0.2, 0.25) is 5.95 Å². The zero-order chi connectivity index (χ0) is 13.9. The van der Waals surface area contributed by atoms with E-state index in [0.717, 1.165) is 27.4 Å². The Morgan fingerprint density at radius 2 is 2.00 bits per heavy atom. The fourth-order valence-electron chi connectivity index (χ4n) is 1.99.